The molecule has 1 heterocycles. The number of halogens is 3. The van der Waals surface area contributed by atoms with Gasteiger partial charge in [-0.15, -0.1) is 0 Å². The number of hydrogen-bond acceptors (Lipinski definition) is 5. The zero-order chi connectivity index (χ0) is 26.7. The molecule has 36 heavy (non-hydrogen) atoms. The van der Waals surface area contributed by atoms with Crippen LogP contribution in [0.3, 0.4) is 0 Å². The number of nitrogens with one attached hydrogen (secondary N) is 2. The monoisotopic (exact) mass is 535 g/mol. The molecule has 5 atom stereocenters. The first kappa shape index (κ1) is 28.4. The summed E-state index contributed by atoms with van der Waals surface area (Å²) in [5.41, 5.74) is -0.929. The highest BCUT2D eigenvalue weighted by Gasteiger charge is 2.60. The van der Waals surface area contributed by atoms with Crippen molar-refractivity contribution in [2.45, 2.75) is 63.1 Å². The molecule has 1 saturated heterocycles. The first-order valence-electron chi connectivity index (χ1n) is 11.9. The Kier molecular flexibility index (Phi) is 9.02. The lowest BCUT2D eigenvalue weighted by Gasteiger charge is -2.37. The number of hydrogen-bond donors (Lipinski definition) is 4. The highest BCUT2D eigenvalue weighted by atomic mass is 35.5. The smallest absolute Gasteiger partial charge is 0.237 e. The highest BCUT2D eigenvalue weighted by molar-refractivity contribution is 6.30. The molecule has 9 heteroatoms. The van der Waals surface area contributed by atoms with E-state index < -0.39 is 47.9 Å². The summed E-state index contributed by atoms with van der Waals surface area (Å²) < 4.78 is 15.5. The van der Waals surface area contributed by atoms with Crippen molar-refractivity contribution in [1.29, 1.82) is 5.26 Å². The number of benzene rings is 2. The van der Waals surface area contributed by atoms with Gasteiger partial charge >= 0.3 is 0 Å². The quantitative estimate of drug-likeness (QED) is 0.403. The van der Waals surface area contributed by atoms with Gasteiger partial charge in [0, 0.05) is 34.1 Å². The summed E-state index contributed by atoms with van der Waals surface area (Å²) in [6.07, 6.45) is -0.315. The molecule has 0 saturated carbocycles. The zero-order valence-electron chi connectivity index (χ0n) is 20.6. The van der Waals surface area contributed by atoms with E-state index in [1.54, 1.807) is 30.3 Å². The van der Waals surface area contributed by atoms with Crippen molar-refractivity contribution < 1.29 is 19.4 Å². The van der Waals surface area contributed by atoms with Gasteiger partial charge in [0.25, 0.3) is 0 Å². The summed E-state index contributed by atoms with van der Waals surface area (Å²) >= 11 is 12.4. The third kappa shape index (κ3) is 6.01. The lowest BCUT2D eigenvalue weighted by atomic mass is 9.62. The molecule has 194 valence electrons. The maximum absolute atomic E-state index is 15.5. The van der Waals surface area contributed by atoms with Gasteiger partial charge in [-0.3, -0.25) is 4.79 Å². The van der Waals surface area contributed by atoms with Crippen molar-refractivity contribution in [2.75, 3.05) is 13.2 Å². The van der Waals surface area contributed by atoms with Gasteiger partial charge in [0.15, 0.2) is 0 Å². The largest absolute Gasteiger partial charge is 0.394 e. The van der Waals surface area contributed by atoms with Gasteiger partial charge < -0.3 is 20.8 Å². The van der Waals surface area contributed by atoms with E-state index in [2.05, 4.69) is 16.7 Å². The molecule has 0 aromatic heterocycles. The predicted molar refractivity (Wildman–Crippen MR) is 138 cm³/mol. The van der Waals surface area contributed by atoms with Crippen LogP contribution in [0.2, 0.25) is 10.0 Å². The minimum atomic E-state index is -1.46. The van der Waals surface area contributed by atoms with Gasteiger partial charge in [-0.1, -0.05) is 62.2 Å². The Hall–Kier alpha value is -2.21. The molecule has 0 radical (unpaired) electrons. The van der Waals surface area contributed by atoms with Crippen molar-refractivity contribution >= 4 is 29.1 Å². The van der Waals surface area contributed by atoms with Crippen LogP contribution >= 0.6 is 23.2 Å². The average molecular weight is 536 g/mol. The van der Waals surface area contributed by atoms with E-state index in [1.165, 1.54) is 12.1 Å². The van der Waals surface area contributed by atoms with Crippen LogP contribution in [0.4, 0.5) is 4.39 Å². The Balaban J connectivity index is 2.19. The molecule has 0 aliphatic carbocycles. The summed E-state index contributed by atoms with van der Waals surface area (Å²) in [6, 6.07) is 12.1. The van der Waals surface area contributed by atoms with Crippen LogP contribution in [0.1, 0.15) is 50.7 Å². The van der Waals surface area contributed by atoms with E-state index in [1.807, 2.05) is 20.8 Å². The SMILES string of the molecule is CC(C)(C)C[C@@H]1N[C@@H](C(=O)NCC[C@@H](O)CO)[C@H](c2cccc(Cl)c2)[C@@]1(C#N)c1ccc(Cl)cc1F. The van der Waals surface area contributed by atoms with Gasteiger partial charge in [0.1, 0.15) is 11.2 Å². The van der Waals surface area contributed by atoms with E-state index in [-0.39, 0.29) is 29.0 Å². The van der Waals surface area contributed by atoms with E-state index in [0.29, 0.717) is 17.0 Å². The minimum absolute atomic E-state index is 0.125. The van der Waals surface area contributed by atoms with Crippen molar-refractivity contribution in [3.63, 3.8) is 0 Å². The summed E-state index contributed by atoms with van der Waals surface area (Å²) in [7, 11) is 0. The molecule has 6 nitrogen and oxygen atoms in total. The summed E-state index contributed by atoms with van der Waals surface area (Å²) in [5, 5.41) is 36.3. The lowest BCUT2D eigenvalue weighted by molar-refractivity contribution is -0.123. The van der Waals surface area contributed by atoms with E-state index in [4.69, 9.17) is 28.3 Å². The third-order valence-corrected chi connectivity index (χ3v) is 7.08. The number of aliphatic hydroxyl groups excluding tert-OH is 2. The van der Waals surface area contributed by atoms with Crippen LogP contribution in [0, 0.1) is 22.6 Å². The van der Waals surface area contributed by atoms with E-state index in [9.17, 15) is 15.2 Å². The Morgan fingerprint density at radius 1 is 1.25 bits per heavy atom. The van der Waals surface area contributed by atoms with E-state index >= 15 is 4.39 Å². The number of carbonyl (C=O) groups excluding carboxylic acids is 1. The highest BCUT2D eigenvalue weighted by Crippen LogP contribution is 2.52. The molecule has 0 unspecified atom stereocenters. The topological polar surface area (TPSA) is 105 Å². The summed E-state index contributed by atoms with van der Waals surface area (Å²) in [4.78, 5) is 13.5. The van der Waals surface area contributed by atoms with Gasteiger partial charge in [0.2, 0.25) is 5.91 Å². The van der Waals surface area contributed by atoms with Gasteiger partial charge in [-0.2, -0.15) is 5.26 Å². The molecular weight excluding hydrogens is 504 g/mol. The molecule has 1 aliphatic rings. The van der Waals surface area contributed by atoms with Gasteiger partial charge in [-0.05, 0) is 48.1 Å². The molecule has 4 N–H and O–H groups in total. The fourth-order valence-corrected chi connectivity index (χ4v) is 5.45. The summed E-state index contributed by atoms with van der Waals surface area (Å²) in [6.45, 7) is 5.77. The Morgan fingerprint density at radius 3 is 2.53 bits per heavy atom. The summed E-state index contributed by atoms with van der Waals surface area (Å²) in [5.74, 6) is -1.80. The first-order valence-corrected chi connectivity index (χ1v) is 12.6. The number of nitrogens with zero attached hydrogens (tertiary/aromatic N) is 1. The van der Waals surface area contributed by atoms with Crippen LogP contribution < -0.4 is 10.6 Å². The molecule has 1 aliphatic heterocycles. The number of amides is 1. The second-order valence-electron chi connectivity index (χ2n) is 10.5. The molecule has 2 aromatic rings. The minimum Gasteiger partial charge on any atom is -0.394 e. The van der Waals surface area contributed by atoms with Crippen molar-refractivity contribution in [2.24, 2.45) is 5.41 Å². The standard InChI is InChI=1S/C27H32Cl2FN3O3/c1-26(2,3)13-22-27(15-31,20-8-7-18(29)12-21(20)30)23(16-5-4-6-17(28)11-16)24(33-22)25(36)32-10-9-19(35)14-34/h4-8,11-12,19,22-24,33-35H,9-10,13-14H2,1-3H3,(H,32,36)/t19-,22+,23+,24-,27+/m1/s1. The Labute approximate surface area is 221 Å². The zero-order valence-corrected chi connectivity index (χ0v) is 22.1. The molecule has 0 spiro atoms. The molecule has 0 bridgehead atoms. The predicted octanol–water partition coefficient (Wildman–Crippen LogP) is 4.31. The van der Waals surface area contributed by atoms with Gasteiger partial charge in [-0.25, -0.2) is 4.39 Å². The van der Waals surface area contributed by atoms with Crippen molar-refractivity contribution in [3.8, 4) is 6.07 Å². The number of carbonyl (C=O) groups is 1. The molecule has 1 amide bonds. The second kappa shape index (κ2) is 11.5. The lowest BCUT2D eigenvalue weighted by Crippen LogP contribution is -2.46. The van der Waals surface area contributed by atoms with Crippen LogP contribution in [0.25, 0.3) is 0 Å². The van der Waals surface area contributed by atoms with Crippen LogP contribution in [-0.4, -0.2) is 47.5 Å². The fourth-order valence-electron chi connectivity index (χ4n) is 5.09. The third-order valence-electron chi connectivity index (χ3n) is 6.61. The molecule has 1 fully saturated rings. The van der Waals surface area contributed by atoms with Crippen LogP contribution in [0.5, 0.6) is 0 Å². The molecule has 2 aromatic carbocycles. The molecule has 3 rings (SSSR count). The maximum Gasteiger partial charge on any atom is 0.237 e. The Bertz CT molecular complexity index is 1130. The van der Waals surface area contributed by atoms with E-state index in [0.717, 1.165) is 0 Å². The van der Waals surface area contributed by atoms with Crippen LogP contribution in [-0.2, 0) is 10.2 Å². The average Bonchev–Trinajstić information content (AvgIpc) is 3.12. The maximum atomic E-state index is 15.5. The normalized spacial score (nSPS) is 24.8. The van der Waals surface area contributed by atoms with Crippen molar-refractivity contribution in [3.05, 3.63) is 69.5 Å². The number of aliphatic hydroxyl groups is 2. The number of rotatable bonds is 8. The fraction of sp³-hybridized carbons (Fsp3) is 0.481. The van der Waals surface area contributed by atoms with Crippen LogP contribution in [0.15, 0.2) is 42.5 Å². The first-order chi connectivity index (χ1) is 16.9. The van der Waals surface area contributed by atoms with Gasteiger partial charge in [0.05, 0.1) is 24.8 Å². The Morgan fingerprint density at radius 2 is 1.94 bits per heavy atom. The van der Waals surface area contributed by atoms with Crippen molar-refractivity contribution in [1.82, 2.24) is 10.6 Å². The molecular formula is C27H32Cl2FN3O3. The second-order valence-corrected chi connectivity index (χ2v) is 11.4. The number of nitriles is 1.